The Labute approximate surface area is 108 Å². The summed E-state index contributed by atoms with van der Waals surface area (Å²) in [6, 6.07) is 10.1. The third-order valence-electron chi connectivity index (χ3n) is 3.43. The van der Waals surface area contributed by atoms with Gasteiger partial charge in [-0.2, -0.15) is 0 Å². The van der Waals surface area contributed by atoms with Crippen LogP contribution in [0.3, 0.4) is 0 Å². The number of benzene rings is 1. The van der Waals surface area contributed by atoms with Gasteiger partial charge in [0.25, 0.3) is 0 Å². The summed E-state index contributed by atoms with van der Waals surface area (Å²) in [5.41, 5.74) is 6.59. The summed E-state index contributed by atoms with van der Waals surface area (Å²) in [4.78, 5) is 6.45. The van der Waals surface area contributed by atoms with Crippen LogP contribution >= 0.6 is 0 Å². The molecule has 3 N–H and O–H groups in total. The molecule has 0 amide bonds. The number of nitrogens with zero attached hydrogens (tertiary/aromatic N) is 2. The zero-order chi connectivity index (χ0) is 13.0. The lowest BCUT2D eigenvalue weighted by Crippen LogP contribution is -2.47. The molecule has 18 heavy (non-hydrogen) atoms. The second-order valence-corrected chi connectivity index (χ2v) is 5.14. The van der Waals surface area contributed by atoms with Gasteiger partial charge in [-0.05, 0) is 25.3 Å². The first-order chi connectivity index (χ1) is 8.57. The van der Waals surface area contributed by atoms with Crippen LogP contribution in [0.1, 0.15) is 25.3 Å². The van der Waals surface area contributed by atoms with Crippen LogP contribution in [0, 0.1) is 0 Å². The first kappa shape index (κ1) is 12.9. The third kappa shape index (κ3) is 3.47. The van der Waals surface area contributed by atoms with Crippen molar-refractivity contribution in [1.29, 1.82) is 0 Å². The molecule has 0 saturated carbocycles. The van der Waals surface area contributed by atoms with Crippen LogP contribution in [0.5, 0.6) is 0 Å². The van der Waals surface area contributed by atoms with E-state index < -0.39 is 5.60 Å². The number of likely N-dealkylation sites (tertiary alicyclic amines) is 1. The van der Waals surface area contributed by atoms with Crippen molar-refractivity contribution < 1.29 is 5.11 Å². The van der Waals surface area contributed by atoms with E-state index in [4.69, 9.17) is 5.73 Å². The molecule has 1 aromatic rings. The molecule has 0 bridgehead atoms. The number of rotatable bonds is 2. The van der Waals surface area contributed by atoms with Crippen molar-refractivity contribution in [3.63, 3.8) is 0 Å². The number of hydrogen-bond acceptors (Lipinski definition) is 2. The molecular weight excluding hydrogens is 226 g/mol. The van der Waals surface area contributed by atoms with E-state index >= 15 is 0 Å². The van der Waals surface area contributed by atoms with E-state index in [-0.39, 0.29) is 0 Å². The Morgan fingerprint density at radius 3 is 2.56 bits per heavy atom. The molecule has 0 radical (unpaired) electrons. The lowest BCUT2D eigenvalue weighted by molar-refractivity contribution is 0.00963. The van der Waals surface area contributed by atoms with Crippen LogP contribution < -0.4 is 5.73 Å². The molecule has 1 aromatic carbocycles. The molecule has 1 fully saturated rings. The second kappa shape index (κ2) is 5.40. The van der Waals surface area contributed by atoms with Gasteiger partial charge in [0, 0.05) is 13.1 Å². The Balaban J connectivity index is 1.90. The normalized spacial score (nSPS) is 19.9. The molecular formula is C14H21N3O. The zero-order valence-corrected chi connectivity index (χ0v) is 10.8. The van der Waals surface area contributed by atoms with Crippen molar-refractivity contribution >= 4 is 5.96 Å². The highest BCUT2D eigenvalue weighted by Gasteiger charge is 2.27. The van der Waals surface area contributed by atoms with Crippen LogP contribution in [0.4, 0.5) is 0 Å². The quantitative estimate of drug-likeness (QED) is 0.612. The molecule has 98 valence electrons. The van der Waals surface area contributed by atoms with Gasteiger partial charge in [-0.15, -0.1) is 0 Å². The molecule has 4 nitrogen and oxygen atoms in total. The SMILES string of the molecule is CC1(O)CCN(C(N)=NCc2ccccc2)CC1. The predicted octanol–water partition coefficient (Wildman–Crippen LogP) is 1.35. The lowest BCUT2D eigenvalue weighted by Gasteiger charge is -2.36. The van der Waals surface area contributed by atoms with Gasteiger partial charge in [0.05, 0.1) is 12.1 Å². The van der Waals surface area contributed by atoms with E-state index in [1.54, 1.807) is 0 Å². The minimum absolute atomic E-state index is 0.545. The van der Waals surface area contributed by atoms with Crippen LogP contribution in [-0.4, -0.2) is 34.7 Å². The van der Waals surface area contributed by atoms with Crippen molar-refractivity contribution in [2.45, 2.75) is 31.9 Å². The zero-order valence-electron chi connectivity index (χ0n) is 10.8. The highest BCUT2D eigenvalue weighted by molar-refractivity contribution is 5.78. The molecule has 0 unspecified atom stereocenters. The predicted molar refractivity (Wildman–Crippen MR) is 73.2 cm³/mol. The number of nitrogens with two attached hydrogens (primary N) is 1. The van der Waals surface area contributed by atoms with E-state index in [1.165, 1.54) is 0 Å². The summed E-state index contributed by atoms with van der Waals surface area (Å²) in [6.07, 6.45) is 1.49. The van der Waals surface area contributed by atoms with Crippen molar-refractivity contribution in [1.82, 2.24) is 4.90 Å². The van der Waals surface area contributed by atoms with E-state index in [9.17, 15) is 5.11 Å². The lowest BCUT2D eigenvalue weighted by atomic mass is 9.94. The van der Waals surface area contributed by atoms with E-state index in [2.05, 4.69) is 4.99 Å². The summed E-state index contributed by atoms with van der Waals surface area (Å²) >= 11 is 0. The van der Waals surface area contributed by atoms with Gasteiger partial charge in [-0.25, -0.2) is 4.99 Å². The fraction of sp³-hybridized carbons (Fsp3) is 0.500. The first-order valence-electron chi connectivity index (χ1n) is 6.38. The highest BCUT2D eigenvalue weighted by Crippen LogP contribution is 2.20. The van der Waals surface area contributed by atoms with Gasteiger partial charge in [-0.3, -0.25) is 0 Å². The Morgan fingerprint density at radius 1 is 1.33 bits per heavy atom. The molecule has 0 aromatic heterocycles. The van der Waals surface area contributed by atoms with Gasteiger partial charge in [0.1, 0.15) is 0 Å². The van der Waals surface area contributed by atoms with Crippen molar-refractivity contribution in [2.24, 2.45) is 10.7 Å². The number of hydrogen-bond donors (Lipinski definition) is 2. The summed E-state index contributed by atoms with van der Waals surface area (Å²) in [5.74, 6) is 0.578. The topological polar surface area (TPSA) is 61.8 Å². The van der Waals surface area contributed by atoms with Crippen LogP contribution in [0.25, 0.3) is 0 Å². The average Bonchev–Trinajstić information content (AvgIpc) is 2.37. The Hall–Kier alpha value is -1.55. The standard InChI is InChI=1S/C14H21N3O/c1-14(18)7-9-17(10-8-14)13(15)16-11-12-5-3-2-4-6-12/h2-6,18H,7-11H2,1H3,(H2,15,16). The van der Waals surface area contributed by atoms with Gasteiger partial charge in [0.2, 0.25) is 0 Å². The van der Waals surface area contributed by atoms with Crippen LogP contribution in [0.2, 0.25) is 0 Å². The summed E-state index contributed by atoms with van der Waals surface area (Å²) in [6.45, 7) is 4.04. The molecule has 1 aliphatic rings. The number of guanidine groups is 1. The molecule has 1 saturated heterocycles. The summed E-state index contributed by atoms with van der Waals surface area (Å²) in [7, 11) is 0. The van der Waals surface area contributed by atoms with Gasteiger partial charge < -0.3 is 15.7 Å². The smallest absolute Gasteiger partial charge is 0.191 e. The summed E-state index contributed by atoms with van der Waals surface area (Å²) < 4.78 is 0. The average molecular weight is 247 g/mol. The molecule has 4 heteroatoms. The van der Waals surface area contributed by atoms with Gasteiger partial charge >= 0.3 is 0 Å². The maximum atomic E-state index is 9.87. The van der Waals surface area contributed by atoms with Gasteiger partial charge in [0.15, 0.2) is 5.96 Å². The first-order valence-corrected chi connectivity index (χ1v) is 6.38. The van der Waals surface area contributed by atoms with E-state index in [0.29, 0.717) is 12.5 Å². The molecule has 2 rings (SSSR count). The molecule has 0 atom stereocenters. The third-order valence-corrected chi connectivity index (χ3v) is 3.43. The number of aliphatic hydroxyl groups is 1. The van der Waals surface area contributed by atoms with Gasteiger partial charge in [-0.1, -0.05) is 30.3 Å². The minimum atomic E-state index is -0.545. The molecule has 1 heterocycles. The Bertz CT molecular complexity index is 404. The molecule has 0 spiro atoms. The number of piperidine rings is 1. The van der Waals surface area contributed by atoms with Crippen molar-refractivity contribution in [3.05, 3.63) is 35.9 Å². The van der Waals surface area contributed by atoms with E-state index in [1.807, 2.05) is 42.2 Å². The van der Waals surface area contributed by atoms with Crippen LogP contribution in [-0.2, 0) is 6.54 Å². The maximum absolute atomic E-state index is 9.87. The highest BCUT2D eigenvalue weighted by atomic mass is 16.3. The number of aliphatic imine (C=N–C) groups is 1. The fourth-order valence-corrected chi connectivity index (χ4v) is 2.07. The molecule has 1 aliphatic heterocycles. The largest absolute Gasteiger partial charge is 0.390 e. The minimum Gasteiger partial charge on any atom is -0.390 e. The maximum Gasteiger partial charge on any atom is 0.191 e. The second-order valence-electron chi connectivity index (χ2n) is 5.14. The summed E-state index contributed by atoms with van der Waals surface area (Å²) in [5, 5.41) is 9.87. The van der Waals surface area contributed by atoms with Crippen molar-refractivity contribution in [3.8, 4) is 0 Å². The Morgan fingerprint density at radius 2 is 1.94 bits per heavy atom. The van der Waals surface area contributed by atoms with Crippen LogP contribution in [0.15, 0.2) is 35.3 Å². The fourth-order valence-electron chi connectivity index (χ4n) is 2.07. The van der Waals surface area contributed by atoms with Crippen molar-refractivity contribution in [2.75, 3.05) is 13.1 Å². The molecule has 0 aliphatic carbocycles. The monoisotopic (exact) mass is 247 g/mol. The Kier molecular flexibility index (Phi) is 3.87. The van der Waals surface area contributed by atoms with E-state index in [0.717, 1.165) is 31.5 Å².